The molecular formula is C17H21ClIN3O2. The summed E-state index contributed by atoms with van der Waals surface area (Å²) in [6, 6.07) is 1.97. The lowest BCUT2D eigenvalue weighted by Gasteiger charge is -2.33. The third-order valence-corrected chi connectivity index (χ3v) is 5.22. The van der Waals surface area contributed by atoms with Gasteiger partial charge in [0.15, 0.2) is 0 Å². The molecule has 0 unspecified atom stereocenters. The molecule has 1 N–H and O–H groups in total. The van der Waals surface area contributed by atoms with Crippen molar-refractivity contribution in [1.82, 2.24) is 14.9 Å². The maximum absolute atomic E-state index is 12.2. The Morgan fingerprint density at radius 3 is 2.71 bits per heavy atom. The molecule has 3 rings (SSSR count). The maximum atomic E-state index is 12.2. The van der Waals surface area contributed by atoms with Crippen LogP contribution in [-0.4, -0.2) is 39.7 Å². The first-order valence-corrected chi connectivity index (χ1v) is 9.51. The minimum Gasteiger partial charge on any atom is -0.444 e. The zero-order valence-electron chi connectivity index (χ0n) is 14.0. The van der Waals surface area contributed by atoms with Gasteiger partial charge in [-0.05, 0) is 73.8 Å². The van der Waals surface area contributed by atoms with E-state index in [0.717, 1.165) is 27.6 Å². The third kappa shape index (κ3) is 3.79. The quantitative estimate of drug-likeness (QED) is 0.612. The zero-order chi connectivity index (χ0) is 17.5. The molecule has 1 fully saturated rings. The van der Waals surface area contributed by atoms with E-state index >= 15 is 0 Å². The number of rotatable bonds is 1. The van der Waals surface area contributed by atoms with Gasteiger partial charge in [-0.15, -0.1) is 0 Å². The van der Waals surface area contributed by atoms with Crippen molar-refractivity contribution in [2.75, 3.05) is 13.1 Å². The zero-order valence-corrected chi connectivity index (χ0v) is 16.9. The Morgan fingerprint density at radius 2 is 2.08 bits per heavy atom. The van der Waals surface area contributed by atoms with Crippen LogP contribution in [0.2, 0.25) is 5.02 Å². The van der Waals surface area contributed by atoms with E-state index in [-0.39, 0.29) is 6.09 Å². The first kappa shape index (κ1) is 17.8. The van der Waals surface area contributed by atoms with Crippen LogP contribution in [0.15, 0.2) is 12.3 Å². The first-order chi connectivity index (χ1) is 11.2. The van der Waals surface area contributed by atoms with Crippen LogP contribution in [0, 0.1) is 3.70 Å². The van der Waals surface area contributed by atoms with Crippen LogP contribution in [0.5, 0.6) is 0 Å². The summed E-state index contributed by atoms with van der Waals surface area (Å²) >= 11 is 8.44. The molecule has 1 saturated heterocycles. The van der Waals surface area contributed by atoms with E-state index in [9.17, 15) is 4.79 Å². The predicted molar refractivity (Wildman–Crippen MR) is 104 cm³/mol. The molecule has 0 aromatic carbocycles. The summed E-state index contributed by atoms with van der Waals surface area (Å²) in [7, 11) is 0. The lowest BCUT2D eigenvalue weighted by molar-refractivity contribution is 0.0205. The Balaban J connectivity index is 1.75. The fourth-order valence-electron chi connectivity index (χ4n) is 3.11. The van der Waals surface area contributed by atoms with E-state index in [1.54, 1.807) is 11.1 Å². The van der Waals surface area contributed by atoms with E-state index in [0.29, 0.717) is 24.0 Å². The number of fused-ring (bicyclic) bond motifs is 1. The molecule has 24 heavy (non-hydrogen) atoms. The summed E-state index contributed by atoms with van der Waals surface area (Å²) < 4.78 is 6.57. The Labute approximate surface area is 160 Å². The van der Waals surface area contributed by atoms with E-state index in [2.05, 4.69) is 32.6 Å². The number of pyridine rings is 1. The van der Waals surface area contributed by atoms with Crippen molar-refractivity contribution in [3.8, 4) is 0 Å². The molecular weight excluding hydrogens is 441 g/mol. The van der Waals surface area contributed by atoms with Gasteiger partial charge in [0.05, 0.1) is 8.72 Å². The summed E-state index contributed by atoms with van der Waals surface area (Å²) in [6.07, 6.45) is 3.26. The third-order valence-electron chi connectivity index (χ3n) is 4.16. The molecule has 1 aliphatic heterocycles. The van der Waals surface area contributed by atoms with Gasteiger partial charge in [-0.3, -0.25) is 0 Å². The van der Waals surface area contributed by atoms with Crippen LogP contribution in [0.4, 0.5) is 4.79 Å². The average Bonchev–Trinajstić information content (AvgIpc) is 2.81. The SMILES string of the molecule is CC(C)(C)OC(=O)N1CCC(c2c(I)[nH]c3ncc(Cl)cc23)CC1. The van der Waals surface area contributed by atoms with Gasteiger partial charge in [0.1, 0.15) is 11.2 Å². The number of hydrogen-bond donors (Lipinski definition) is 1. The summed E-state index contributed by atoms with van der Waals surface area (Å²) in [5.41, 5.74) is 1.68. The molecule has 0 radical (unpaired) electrons. The first-order valence-electron chi connectivity index (χ1n) is 8.05. The number of carbonyl (C=O) groups is 1. The fraction of sp³-hybridized carbons (Fsp3) is 0.529. The van der Waals surface area contributed by atoms with Crippen molar-refractivity contribution in [3.63, 3.8) is 0 Å². The van der Waals surface area contributed by atoms with Gasteiger partial charge in [0.25, 0.3) is 0 Å². The molecule has 0 saturated carbocycles. The highest BCUT2D eigenvalue weighted by atomic mass is 127. The van der Waals surface area contributed by atoms with Crippen LogP contribution >= 0.6 is 34.2 Å². The molecule has 0 atom stereocenters. The number of aromatic amines is 1. The normalized spacial score (nSPS) is 16.6. The Kier molecular flexibility index (Phi) is 4.97. The Morgan fingerprint density at radius 1 is 1.42 bits per heavy atom. The monoisotopic (exact) mass is 461 g/mol. The number of nitrogens with zero attached hydrogens (tertiary/aromatic N) is 2. The smallest absolute Gasteiger partial charge is 0.410 e. The molecule has 0 spiro atoms. The Hall–Kier alpha value is -1.02. The van der Waals surface area contributed by atoms with Crippen molar-refractivity contribution in [1.29, 1.82) is 0 Å². The lowest BCUT2D eigenvalue weighted by Crippen LogP contribution is -2.41. The van der Waals surface area contributed by atoms with E-state index in [1.165, 1.54) is 5.56 Å². The molecule has 0 bridgehead atoms. The number of carbonyl (C=O) groups excluding carboxylic acids is 1. The minimum atomic E-state index is -0.456. The lowest BCUT2D eigenvalue weighted by atomic mass is 9.89. The van der Waals surface area contributed by atoms with Crippen molar-refractivity contribution in [3.05, 3.63) is 26.5 Å². The average molecular weight is 462 g/mol. The molecule has 130 valence electrons. The molecule has 2 aromatic heterocycles. The summed E-state index contributed by atoms with van der Waals surface area (Å²) in [5.74, 6) is 0.393. The van der Waals surface area contributed by atoms with Gasteiger partial charge in [-0.1, -0.05) is 11.6 Å². The molecule has 2 aromatic rings. The minimum absolute atomic E-state index is 0.223. The number of nitrogens with one attached hydrogen (secondary N) is 1. The summed E-state index contributed by atoms with van der Waals surface area (Å²) in [6.45, 7) is 7.08. The van der Waals surface area contributed by atoms with E-state index in [1.807, 2.05) is 26.8 Å². The van der Waals surface area contributed by atoms with Gasteiger partial charge < -0.3 is 14.6 Å². The topological polar surface area (TPSA) is 58.2 Å². The number of piperidine rings is 1. The highest BCUT2D eigenvalue weighted by molar-refractivity contribution is 14.1. The van der Waals surface area contributed by atoms with Crippen molar-refractivity contribution in [2.24, 2.45) is 0 Å². The van der Waals surface area contributed by atoms with Crippen LogP contribution in [0.1, 0.15) is 45.1 Å². The molecule has 3 heterocycles. The largest absolute Gasteiger partial charge is 0.444 e. The summed E-state index contributed by atoms with van der Waals surface area (Å²) in [4.78, 5) is 21.7. The highest BCUT2D eigenvalue weighted by Crippen LogP contribution is 2.37. The van der Waals surface area contributed by atoms with Gasteiger partial charge in [-0.25, -0.2) is 9.78 Å². The van der Waals surface area contributed by atoms with E-state index in [4.69, 9.17) is 16.3 Å². The number of ether oxygens (including phenoxy) is 1. The molecule has 1 aliphatic rings. The van der Waals surface area contributed by atoms with Gasteiger partial charge in [0.2, 0.25) is 0 Å². The van der Waals surface area contributed by atoms with Crippen LogP contribution in [0.3, 0.4) is 0 Å². The maximum Gasteiger partial charge on any atom is 0.410 e. The molecule has 5 nitrogen and oxygen atoms in total. The molecule has 7 heteroatoms. The number of likely N-dealkylation sites (tertiary alicyclic amines) is 1. The fourth-order valence-corrected chi connectivity index (χ4v) is 4.25. The number of halogens is 2. The second-order valence-corrected chi connectivity index (χ2v) is 8.66. The van der Waals surface area contributed by atoms with Gasteiger partial charge in [-0.2, -0.15) is 0 Å². The Bertz CT molecular complexity index is 761. The standard InChI is InChI=1S/C17H21ClIN3O2/c1-17(2,3)24-16(23)22-6-4-10(5-7-22)13-12-8-11(18)9-20-15(12)21-14(13)19/h8-10H,4-7H2,1-3H3,(H,20,21). The van der Waals surface area contributed by atoms with Crippen molar-refractivity contribution >= 4 is 51.3 Å². The molecule has 1 amide bonds. The number of aromatic nitrogens is 2. The van der Waals surface area contributed by atoms with Crippen molar-refractivity contribution < 1.29 is 9.53 Å². The van der Waals surface area contributed by atoms with Crippen LogP contribution in [0.25, 0.3) is 11.0 Å². The highest BCUT2D eigenvalue weighted by Gasteiger charge is 2.29. The van der Waals surface area contributed by atoms with Gasteiger partial charge in [0, 0.05) is 24.7 Å². The van der Waals surface area contributed by atoms with Crippen LogP contribution < -0.4 is 0 Å². The van der Waals surface area contributed by atoms with E-state index < -0.39 is 5.60 Å². The number of H-pyrrole nitrogens is 1. The number of hydrogen-bond acceptors (Lipinski definition) is 3. The second kappa shape index (κ2) is 6.71. The second-order valence-electron chi connectivity index (χ2n) is 7.14. The van der Waals surface area contributed by atoms with Crippen LogP contribution in [-0.2, 0) is 4.74 Å². The van der Waals surface area contributed by atoms with Gasteiger partial charge >= 0.3 is 6.09 Å². The number of amides is 1. The van der Waals surface area contributed by atoms with Crippen molar-refractivity contribution in [2.45, 2.75) is 45.1 Å². The predicted octanol–water partition coefficient (Wildman–Crippen LogP) is 4.94. The molecule has 0 aliphatic carbocycles. The summed E-state index contributed by atoms with van der Waals surface area (Å²) in [5, 5.41) is 1.73.